The van der Waals surface area contributed by atoms with Crippen molar-refractivity contribution in [1.82, 2.24) is 15.1 Å². The van der Waals surface area contributed by atoms with Crippen molar-refractivity contribution in [1.29, 1.82) is 0 Å². The Labute approximate surface area is 121 Å². The summed E-state index contributed by atoms with van der Waals surface area (Å²) in [6, 6.07) is -1.64. The van der Waals surface area contributed by atoms with Crippen molar-refractivity contribution in [2.24, 2.45) is 0 Å². The molecular formula is C12H19N3O4S. The maximum atomic E-state index is 12.6. The predicted molar refractivity (Wildman–Crippen MR) is 74.4 cm³/mol. The number of likely N-dealkylation sites (tertiary alicyclic amines) is 1. The Morgan fingerprint density at radius 3 is 2.60 bits per heavy atom. The van der Waals surface area contributed by atoms with Crippen LogP contribution < -0.4 is 5.32 Å². The Morgan fingerprint density at radius 2 is 2.00 bits per heavy atom. The molecular weight excluding hydrogens is 282 g/mol. The van der Waals surface area contributed by atoms with E-state index in [-0.39, 0.29) is 17.3 Å². The van der Waals surface area contributed by atoms with E-state index >= 15 is 0 Å². The molecule has 2 rings (SSSR count). The first-order chi connectivity index (χ1) is 9.47. The second-order valence-electron chi connectivity index (χ2n) is 4.94. The fraction of sp³-hybridized carbons (Fsp3) is 0.750. The van der Waals surface area contributed by atoms with Gasteiger partial charge in [-0.3, -0.25) is 9.69 Å². The topological polar surface area (TPSA) is 90.0 Å². The van der Waals surface area contributed by atoms with Crippen LogP contribution in [0.3, 0.4) is 0 Å². The second-order valence-corrected chi connectivity index (χ2v) is 6.29. The zero-order valence-electron chi connectivity index (χ0n) is 11.5. The van der Waals surface area contributed by atoms with Crippen LogP contribution in [0.2, 0.25) is 0 Å². The molecule has 0 radical (unpaired) electrons. The van der Waals surface area contributed by atoms with Gasteiger partial charge in [0.15, 0.2) is 0 Å². The van der Waals surface area contributed by atoms with Crippen LogP contribution in [0, 0.1) is 0 Å². The number of aliphatic carboxylic acids is 1. The third-order valence-corrected chi connectivity index (χ3v) is 4.99. The van der Waals surface area contributed by atoms with Crippen molar-refractivity contribution in [2.75, 3.05) is 19.3 Å². The smallest absolute Gasteiger partial charge is 0.327 e. The highest BCUT2D eigenvalue weighted by Crippen LogP contribution is 2.31. The predicted octanol–water partition coefficient (Wildman–Crippen LogP) is 0.165. The lowest BCUT2D eigenvalue weighted by Gasteiger charge is -2.32. The average molecular weight is 301 g/mol. The van der Waals surface area contributed by atoms with Crippen LogP contribution >= 0.6 is 11.8 Å². The summed E-state index contributed by atoms with van der Waals surface area (Å²) in [5, 5.41) is 11.6. The third kappa shape index (κ3) is 2.56. The molecule has 7 nitrogen and oxygen atoms in total. The quantitative estimate of drug-likeness (QED) is 0.758. The van der Waals surface area contributed by atoms with Gasteiger partial charge in [0, 0.05) is 19.3 Å². The Bertz CT molecular complexity index is 431. The van der Waals surface area contributed by atoms with Crippen LogP contribution in [0.1, 0.15) is 19.8 Å². The summed E-state index contributed by atoms with van der Waals surface area (Å²) < 4.78 is 0. The van der Waals surface area contributed by atoms with Gasteiger partial charge in [-0.1, -0.05) is 0 Å². The van der Waals surface area contributed by atoms with E-state index in [0.717, 1.165) is 6.42 Å². The number of carbonyl (C=O) groups excluding carboxylic acids is 2. The molecule has 0 spiro atoms. The van der Waals surface area contributed by atoms with E-state index in [1.165, 1.54) is 28.6 Å². The largest absolute Gasteiger partial charge is 0.480 e. The van der Waals surface area contributed by atoms with Crippen LogP contribution in [-0.4, -0.2) is 69.6 Å². The lowest BCUT2D eigenvalue weighted by Crippen LogP contribution is -2.54. The molecule has 8 heteroatoms. The molecule has 3 unspecified atom stereocenters. The van der Waals surface area contributed by atoms with E-state index in [2.05, 4.69) is 5.32 Å². The fourth-order valence-corrected chi connectivity index (χ4v) is 3.87. The van der Waals surface area contributed by atoms with Gasteiger partial charge in [-0.2, -0.15) is 0 Å². The molecule has 2 N–H and O–H groups in total. The molecule has 3 amide bonds. The van der Waals surface area contributed by atoms with E-state index in [4.69, 9.17) is 0 Å². The first-order valence-corrected chi connectivity index (χ1v) is 7.67. The number of nitrogens with zero attached hydrogens (tertiary/aromatic N) is 2. The van der Waals surface area contributed by atoms with Crippen LogP contribution in [0.25, 0.3) is 0 Å². The summed E-state index contributed by atoms with van der Waals surface area (Å²) >= 11 is 1.44. The molecule has 0 aromatic heterocycles. The van der Waals surface area contributed by atoms with Crippen molar-refractivity contribution in [2.45, 2.75) is 37.2 Å². The van der Waals surface area contributed by atoms with E-state index in [0.29, 0.717) is 18.7 Å². The average Bonchev–Trinajstić information content (AvgIpc) is 3.03. The number of urea groups is 1. The molecule has 2 heterocycles. The summed E-state index contributed by atoms with van der Waals surface area (Å²) in [5.74, 6) is -0.797. The van der Waals surface area contributed by atoms with Gasteiger partial charge < -0.3 is 15.3 Å². The molecule has 20 heavy (non-hydrogen) atoms. The third-order valence-electron chi connectivity index (χ3n) is 3.78. The van der Waals surface area contributed by atoms with Crippen LogP contribution in [0.5, 0.6) is 0 Å². The van der Waals surface area contributed by atoms with Gasteiger partial charge in [-0.05, 0) is 19.8 Å². The minimum Gasteiger partial charge on any atom is -0.480 e. The van der Waals surface area contributed by atoms with Crippen LogP contribution in [0.4, 0.5) is 4.79 Å². The zero-order chi connectivity index (χ0) is 14.9. The minimum absolute atomic E-state index is 0.186. The molecule has 0 aliphatic carbocycles. The maximum Gasteiger partial charge on any atom is 0.327 e. The lowest BCUT2D eigenvalue weighted by molar-refractivity contribution is -0.141. The van der Waals surface area contributed by atoms with Gasteiger partial charge in [-0.25, -0.2) is 9.59 Å². The summed E-state index contributed by atoms with van der Waals surface area (Å²) in [7, 11) is 1.54. The van der Waals surface area contributed by atoms with Crippen molar-refractivity contribution >= 4 is 29.7 Å². The van der Waals surface area contributed by atoms with Gasteiger partial charge in [0.25, 0.3) is 0 Å². The normalized spacial score (nSPS) is 29.6. The van der Waals surface area contributed by atoms with Crippen molar-refractivity contribution in [3.05, 3.63) is 0 Å². The standard InChI is InChI=1S/C12H19N3O4S/c1-7-15(9(6-20-7)11(17)18)12(19)14-5-3-4-8(14)10(16)13-2/h7-9H,3-6H2,1-2H3,(H,13,16)(H,17,18). The number of rotatable bonds is 2. The molecule has 0 bridgehead atoms. The number of hydrogen-bond donors (Lipinski definition) is 2. The Balaban J connectivity index is 2.17. The molecule has 3 atom stereocenters. The number of nitrogens with one attached hydrogen (secondary N) is 1. The van der Waals surface area contributed by atoms with Crippen LogP contribution in [-0.2, 0) is 9.59 Å². The highest BCUT2D eigenvalue weighted by Gasteiger charge is 2.44. The second kappa shape index (κ2) is 5.90. The minimum atomic E-state index is -0.995. The lowest BCUT2D eigenvalue weighted by atomic mass is 10.2. The van der Waals surface area contributed by atoms with Crippen molar-refractivity contribution in [3.8, 4) is 0 Å². The Morgan fingerprint density at radius 1 is 1.30 bits per heavy atom. The Hall–Kier alpha value is -1.44. The van der Waals surface area contributed by atoms with E-state index in [1.54, 1.807) is 0 Å². The molecule has 0 aromatic carbocycles. The first-order valence-electron chi connectivity index (χ1n) is 6.62. The Kier molecular flexibility index (Phi) is 4.42. The SMILES string of the molecule is CNC(=O)C1CCCN1C(=O)N1C(C)SCC1C(=O)O. The van der Waals surface area contributed by atoms with Crippen LogP contribution in [0.15, 0.2) is 0 Å². The number of carbonyl (C=O) groups is 3. The molecule has 0 saturated carbocycles. The molecule has 0 aromatic rings. The molecule has 2 fully saturated rings. The van der Waals surface area contributed by atoms with E-state index < -0.39 is 18.1 Å². The highest BCUT2D eigenvalue weighted by molar-refractivity contribution is 8.00. The molecule has 2 aliphatic rings. The monoisotopic (exact) mass is 301 g/mol. The fourth-order valence-electron chi connectivity index (χ4n) is 2.71. The number of thioether (sulfide) groups is 1. The van der Waals surface area contributed by atoms with E-state index in [1.807, 2.05) is 6.92 Å². The number of amides is 3. The first kappa shape index (κ1) is 15.0. The van der Waals surface area contributed by atoms with Gasteiger partial charge in [0.05, 0.1) is 5.37 Å². The van der Waals surface area contributed by atoms with Gasteiger partial charge >= 0.3 is 12.0 Å². The maximum absolute atomic E-state index is 12.6. The van der Waals surface area contributed by atoms with Crippen molar-refractivity contribution in [3.63, 3.8) is 0 Å². The van der Waals surface area contributed by atoms with Gasteiger partial charge in [0.1, 0.15) is 12.1 Å². The number of hydrogen-bond acceptors (Lipinski definition) is 4. The summed E-state index contributed by atoms with van der Waals surface area (Å²) in [4.78, 5) is 38.5. The summed E-state index contributed by atoms with van der Waals surface area (Å²) in [6.07, 6.45) is 1.38. The highest BCUT2D eigenvalue weighted by atomic mass is 32.2. The number of carboxylic acids is 1. The summed E-state index contributed by atoms with van der Waals surface area (Å²) in [5.41, 5.74) is 0. The molecule has 112 valence electrons. The van der Waals surface area contributed by atoms with Crippen molar-refractivity contribution < 1.29 is 19.5 Å². The molecule has 2 aliphatic heterocycles. The summed E-state index contributed by atoms with van der Waals surface area (Å²) in [6.45, 7) is 2.31. The number of carboxylic acid groups (broad SMARTS) is 1. The number of likely N-dealkylation sites (N-methyl/N-ethyl adjacent to an activating group) is 1. The zero-order valence-corrected chi connectivity index (χ0v) is 12.4. The van der Waals surface area contributed by atoms with E-state index in [9.17, 15) is 19.5 Å². The molecule has 2 saturated heterocycles. The van der Waals surface area contributed by atoms with Gasteiger partial charge in [-0.15, -0.1) is 11.8 Å². The van der Waals surface area contributed by atoms with Gasteiger partial charge in [0.2, 0.25) is 5.91 Å².